The van der Waals surface area contributed by atoms with Crippen molar-refractivity contribution >= 4 is 27.5 Å². The van der Waals surface area contributed by atoms with Gasteiger partial charge in [0.25, 0.3) is 5.91 Å². The molecule has 152 valence electrons. The zero-order chi connectivity index (χ0) is 21.6. The fraction of sp³-hybridized carbons (Fsp3) is 0.158. The van der Waals surface area contributed by atoms with Crippen molar-refractivity contribution in [3.8, 4) is 17.6 Å². The second-order valence-electron chi connectivity index (χ2n) is 5.65. The van der Waals surface area contributed by atoms with Crippen LogP contribution in [0.5, 0.6) is 11.5 Å². The van der Waals surface area contributed by atoms with Crippen LogP contribution >= 0.6 is 0 Å². The maximum atomic E-state index is 12.4. The molecule has 0 bridgehead atoms. The molecule has 0 heterocycles. The monoisotopic (exact) mass is 422 g/mol. The van der Waals surface area contributed by atoms with Crippen molar-refractivity contribution in [2.24, 2.45) is 0 Å². The van der Waals surface area contributed by atoms with Crippen LogP contribution < -0.4 is 10.1 Å². The van der Waals surface area contributed by atoms with E-state index in [2.05, 4.69) is 10.1 Å². The number of nitrogens with one attached hydrogen (secondary N) is 1. The first kappa shape index (κ1) is 21.8. The molecule has 10 heteroatoms. The van der Waals surface area contributed by atoms with Crippen molar-refractivity contribution in [3.63, 3.8) is 0 Å². The Morgan fingerprint density at radius 3 is 2.48 bits per heavy atom. The maximum absolute atomic E-state index is 12.4. The van der Waals surface area contributed by atoms with Gasteiger partial charge >= 0.3 is 6.61 Å². The summed E-state index contributed by atoms with van der Waals surface area (Å²) in [5, 5.41) is 21.4. The Labute approximate surface area is 165 Å². The van der Waals surface area contributed by atoms with Crippen LogP contribution in [0.3, 0.4) is 0 Å². The number of hydrogen-bond acceptors (Lipinski definition) is 6. The van der Waals surface area contributed by atoms with Gasteiger partial charge in [-0.15, -0.1) is 0 Å². The minimum atomic E-state index is -3.57. The molecule has 2 N–H and O–H groups in total. The van der Waals surface area contributed by atoms with Gasteiger partial charge in [-0.2, -0.15) is 14.0 Å². The molecule has 0 fully saturated rings. The van der Waals surface area contributed by atoms with E-state index in [0.29, 0.717) is 5.56 Å². The lowest BCUT2D eigenvalue weighted by Crippen LogP contribution is -2.14. The smallest absolute Gasteiger partial charge is 0.387 e. The topological polar surface area (TPSA) is 116 Å². The standard InChI is InChI=1S/C19H16F2N2O5S/c1-2-29(26,27)15-7-8-17(24)16(10-15)23-18(25)13(11-22)9-12-3-5-14(6-4-12)28-19(20)21/h3-10,19,24H,2H2,1H3,(H,23,25)/b13-9-. The second kappa shape index (κ2) is 9.16. The molecule has 29 heavy (non-hydrogen) atoms. The molecule has 0 atom stereocenters. The van der Waals surface area contributed by atoms with E-state index in [-0.39, 0.29) is 33.4 Å². The first-order chi connectivity index (χ1) is 13.7. The molecule has 0 unspecified atom stereocenters. The number of amides is 1. The molecule has 0 aromatic heterocycles. The number of rotatable bonds is 7. The van der Waals surface area contributed by atoms with Gasteiger partial charge in [0.1, 0.15) is 23.1 Å². The van der Waals surface area contributed by atoms with Gasteiger partial charge in [-0.1, -0.05) is 19.1 Å². The molecule has 0 aliphatic rings. The molecule has 0 saturated carbocycles. The van der Waals surface area contributed by atoms with Crippen LogP contribution in [0.4, 0.5) is 14.5 Å². The number of hydrogen-bond donors (Lipinski definition) is 2. The quantitative estimate of drug-likeness (QED) is 0.402. The fourth-order valence-corrected chi connectivity index (χ4v) is 3.13. The van der Waals surface area contributed by atoms with Gasteiger partial charge in [-0.25, -0.2) is 8.42 Å². The lowest BCUT2D eigenvalue weighted by molar-refractivity contribution is -0.112. The third kappa shape index (κ3) is 5.76. The zero-order valence-electron chi connectivity index (χ0n) is 15.1. The highest BCUT2D eigenvalue weighted by molar-refractivity contribution is 7.91. The summed E-state index contributed by atoms with van der Waals surface area (Å²) in [5.41, 5.74) is -0.160. The molecule has 2 aromatic rings. The van der Waals surface area contributed by atoms with E-state index < -0.39 is 22.4 Å². The van der Waals surface area contributed by atoms with Gasteiger partial charge in [0.2, 0.25) is 0 Å². The van der Waals surface area contributed by atoms with Gasteiger partial charge in [-0.3, -0.25) is 4.79 Å². The third-order valence-electron chi connectivity index (χ3n) is 3.74. The number of anilines is 1. The lowest BCUT2D eigenvalue weighted by Gasteiger charge is -2.09. The number of phenols is 1. The van der Waals surface area contributed by atoms with Crippen LogP contribution in [0.25, 0.3) is 6.08 Å². The molecule has 2 aromatic carbocycles. The number of benzene rings is 2. The number of nitrogens with zero attached hydrogens (tertiary/aromatic N) is 1. The summed E-state index contributed by atoms with van der Waals surface area (Å²) < 4.78 is 52.5. The number of sulfone groups is 1. The van der Waals surface area contributed by atoms with Crippen molar-refractivity contribution in [1.82, 2.24) is 0 Å². The highest BCUT2D eigenvalue weighted by Gasteiger charge is 2.17. The normalized spacial score (nSPS) is 11.8. The molecular weight excluding hydrogens is 406 g/mol. The number of alkyl halides is 2. The highest BCUT2D eigenvalue weighted by Crippen LogP contribution is 2.27. The fourth-order valence-electron chi connectivity index (χ4n) is 2.23. The summed E-state index contributed by atoms with van der Waals surface area (Å²) in [6.45, 7) is -1.52. The maximum Gasteiger partial charge on any atom is 0.387 e. The van der Waals surface area contributed by atoms with E-state index >= 15 is 0 Å². The molecule has 7 nitrogen and oxygen atoms in total. The Hall–Kier alpha value is -3.45. The van der Waals surface area contributed by atoms with Crippen LogP contribution in [-0.2, 0) is 14.6 Å². The molecular formula is C19H16F2N2O5S. The van der Waals surface area contributed by atoms with E-state index in [0.717, 1.165) is 12.1 Å². The minimum Gasteiger partial charge on any atom is -0.506 e. The molecule has 0 aliphatic heterocycles. The molecule has 0 spiro atoms. The second-order valence-corrected chi connectivity index (χ2v) is 7.93. The van der Waals surface area contributed by atoms with Crippen molar-refractivity contribution in [2.75, 3.05) is 11.1 Å². The van der Waals surface area contributed by atoms with E-state index in [1.165, 1.54) is 43.3 Å². The van der Waals surface area contributed by atoms with E-state index in [1.54, 1.807) is 6.07 Å². The van der Waals surface area contributed by atoms with E-state index in [4.69, 9.17) is 0 Å². The number of carbonyl (C=O) groups is 1. The average Bonchev–Trinajstić information content (AvgIpc) is 2.68. The Bertz CT molecular complexity index is 1070. The van der Waals surface area contributed by atoms with Crippen molar-refractivity contribution < 1.29 is 31.8 Å². The Morgan fingerprint density at radius 1 is 1.28 bits per heavy atom. The summed E-state index contributed by atoms with van der Waals surface area (Å²) in [6.07, 6.45) is 1.20. The van der Waals surface area contributed by atoms with Gasteiger partial charge < -0.3 is 15.2 Å². The number of phenolic OH excluding ortho intramolecular Hbond substituents is 1. The van der Waals surface area contributed by atoms with Gasteiger partial charge in [0.15, 0.2) is 9.84 Å². The largest absolute Gasteiger partial charge is 0.506 e. The average molecular weight is 422 g/mol. The van der Waals surface area contributed by atoms with Gasteiger partial charge in [0, 0.05) is 0 Å². The lowest BCUT2D eigenvalue weighted by atomic mass is 10.1. The predicted octanol–water partition coefficient (Wildman–Crippen LogP) is 3.33. The number of carbonyl (C=O) groups excluding carboxylic acids is 1. The molecule has 0 radical (unpaired) electrons. The Balaban J connectivity index is 2.25. The zero-order valence-corrected chi connectivity index (χ0v) is 15.9. The summed E-state index contributed by atoms with van der Waals surface area (Å²) >= 11 is 0. The Kier molecular flexibility index (Phi) is 6.90. The first-order valence-corrected chi connectivity index (χ1v) is 9.85. The number of halogens is 2. The van der Waals surface area contributed by atoms with Crippen LogP contribution in [0.15, 0.2) is 52.9 Å². The highest BCUT2D eigenvalue weighted by atomic mass is 32.2. The molecule has 1 amide bonds. The number of nitriles is 1. The minimum absolute atomic E-state index is 0.0843. The molecule has 0 aliphatic carbocycles. The number of aromatic hydroxyl groups is 1. The van der Waals surface area contributed by atoms with Crippen LogP contribution in [-0.4, -0.2) is 31.8 Å². The van der Waals surface area contributed by atoms with Crippen molar-refractivity contribution in [2.45, 2.75) is 18.4 Å². The van der Waals surface area contributed by atoms with Crippen LogP contribution in [0.1, 0.15) is 12.5 Å². The molecule has 0 saturated heterocycles. The summed E-state index contributed by atoms with van der Waals surface area (Å²) in [6, 6.07) is 10.3. The SMILES string of the molecule is CCS(=O)(=O)c1ccc(O)c(NC(=O)/C(C#N)=C\c2ccc(OC(F)F)cc2)c1. The van der Waals surface area contributed by atoms with Crippen LogP contribution in [0.2, 0.25) is 0 Å². The molecule has 2 rings (SSSR count). The van der Waals surface area contributed by atoms with E-state index in [9.17, 15) is 32.4 Å². The summed E-state index contributed by atoms with van der Waals surface area (Å²) in [5.74, 6) is -1.51. The van der Waals surface area contributed by atoms with Crippen molar-refractivity contribution in [1.29, 1.82) is 5.26 Å². The van der Waals surface area contributed by atoms with Gasteiger partial charge in [-0.05, 0) is 42.0 Å². The van der Waals surface area contributed by atoms with Crippen molar-refractivity contribution in [3.05, 3.63) is 53.6 Å². The number of ether oxygens (including phenoxy) is 1. The predicted molar refractivity (Wildman–Crippen MR) is 101 cm³/mol. The van der Waals surface area contributed by atoms with E-state index in [1.807, 2.05) is 0 Å². The Morgan fingerprint density at radius 2 is 1.93 bits per heavy atom. The van der Waals surface area contributed by atoms with Crippen LogP contribution in [0, 0.1) is 11.3 Å². The summed E-state index contributed by atoms with van der Waals surface area (Å²) in [7, 11) is -3.57. The van der Waals surface area contributed by atoms with Gasteiger partial charge in [0.05, 0.1) is 16.3 Å². The summed E-state index contributed by atoms with van der Waals surface area (Å²) in [4.78, 5) is 12.3. The third-order valence-corrected chi connectivity index (χ3v) is 5.47. The first-order valence-electron chi connectivity index (χ1n) is 8.20.